The number of H-pyrrole nitrogens is 1. The maximum atomic E-state index is 14.1. The number of hydrogen-bond donors (Lipinski definition) is 1. The molecule has 6 nitrogen and oxygen atoms in total. The fourth-order valence-electron chi connectivity index (χ4n) is 3.98. The summed E-state index contributed by atoms with van der Waals surface area (Å²) in [7, 11) is 0. The maximum absolute atomic E-state index is 14.1. The van der Waals surface area contributed by atoms with Crippen LogP contribution in [0.1, 0.15) is 27.3 Å². The molecule has 0 fully saturated rings. The van der Waals surface area contributed by atoms with E-state index in [4.69, 9.17) is 0 Å². The molecule has 4 aromatic heterocycles. The molecule has 0 aliphatic carbocycles. The fourth-order valence-corrected chi connectivity index (χ4v) is 3.98. The molecule has 5 aromatic rings. The average molecular weight is 490 g/mol. The number of benzene rings is 1. The Bertz CT molecular complexity index is 1670. The zero-order valence-corrected chi connectivity index (χ0v) is 17.3. The SMILES string of the molecule is O=C(c1c(F)cc(F)cc1F)c1c[nH]c2c(=O)n(Cc3nc4ccccn4c3C(F)(F)F)ccc12. The third-order valence-corrected chi connectivity index (χ3v) is 5.49. The monoisotopic (exact) mass is 490 g/mol. The number of halogens is 6. The number of alkyl halides is 3. The van der Waals surface area contributed by atoms with E-state index in [0.29, 0.717) is 12.1 Å². The Labute approximate surface area is 191 Å². The van der Waals surface area contributed by atoms with Gasteiger partial charge in [-0.2, -0.15) is 13.2 Å². The Morgan fingerprint density at radius 2 is 1.74 bits per heavy atom. The molecule has 178 valence electrons. The summed E-state index contributed by atoms with van der Waals surface area (Å²) < 4.78 is 84.4. The van der Waals surface area contributed by atoms with Crippen LogP contribution in [0.2, 0.25) is 0 Å². The van der Waals surface area contributed by atoms with E-state index >= 15 is 0 Å². The van der Waals surface area contributed by atoms with E-state index in [1.54, 1.807) is 0 Å². The molecule has 4 heterocycles. The van der Waals surface area contributed by atoms with Gasteiger partial charge in [0.2, 0.25) is 5.78 Å². The lowest BCUT2D eigenvalue weighted by atomic mass is 10.0. The summed E-state index contributed by atoms with van der Waals surface area (Å²) in [6.07, 6.45) is -1.35. The second-order valence-corrected chi connectivity index (χ2v) is 7.65. The van der Waals surface area contributed by atoms with Crippen LogP contribution < -0.4 is 5.56 Å². The van der Waals surface area contributed by atoms with Crippen molar-refractivity contribution in [3.8, 4) is 0 Å². The van der Waals surface area contributed by atoms with Crippen LogP contribution >= 0.6 is 0 Å². The van der Waals surface area contributed by atoms with Crippen LogP contribution in [0.25, 0.3) is 16.6 Å². The van der Waals surface area contributed by atoms with E-state index in [0.717, 1.165) is 21.4 Å². The number of nitrogens with zero attached hydrogens (tertiary/aromatic N) is 3. The summed E-state index contributed by atoms with van der Waals surface area (Å²) >= 11 is 0. The highest BCUT2D eigenvalue weighted by molar-refractivity contribution is 6.16. The highest BCUT2D eigenvalue weighted by Crippen LogP contribution is 2.33. The van der Waals surface area contributed by atoms with Gasteiger partial charge in [-0.1, -0.05) is 6.07 Å². The Hall–Kier alpha value is -4.35. The molecule has 0 atom stereocenters. The molecular weight excluding hydrogens is 478 g/mol. The quantitative estimate of drug-likeness (QED) is 0.294. The van der Waals surface area contributed by atoms with Crippen LogP contribution in [0, 0.1) is 17.5 Å². The van der Waals surface area contributed by atoms with E-state index in [-0.39, 0.29) is 22.1 Å². The summed E-state index contributed by atoms with van der Waals surface area (Å²) in [5.41, 5.74) is -3.62. The lowest BCUT2D eigenvalue weighted by molar-refractivity contribution is -0.142. The first-order valence-electron chi connectivity index (χ1n) is 9.99. The minimum atomic E-state index is -4.75. The number of carbonyl (C=O) groups excluding carboxylic acids is 1. The third kappa shape index (κ3) is 3.66. The van der Waals surface area contributed by atoms with E-state index in [2.05, 4.69) is 9.97 Å². The van der Waals surface area contributed by atoms with Gasteiger partial charge in [-0.3, -0.25) is 14.0 Å². The number of ketones is 1. The predicted molar refractivity (Wildman–Crippen MR) is 112 cm³/mol. The zero-order valence-electron chi connectivity index (χ0n) is 17.3. The number of pyridine rings is 2. The molecule has 1 N–H and O–H groups in total. The number of aromatic amines is 1. The van der Waals surface area contributed by atoms with E-state index in [1.165, 1.54) is 30.5 Å². The number of fused-ring (bicyclic) bond motifs is 2. The van der Waals surface area contributed by atoms with Gasteiger partial charge in [-0.15, -0.1) is 0 Å². The fraction of sp³-hybridized carbons (Fsp3) is 0.0870. The lowest BCUT2D eigenvalue weighted by Gasteiger charge is -2.10. The number of carbonyl (C=O) groups is 1. The molecule has 0 aliphatic heterocycles. The molecule has 0 unspecified atom stereocenters. The highest BCUT2D eigenvalue weighted by Gasteiger charge is 2.38. The first-order chi connectivity index (χ1) is 16.6. The molecule has 1 aromatic carbocycles. The lowest BCUT2D eigenvalue weighted by Crippen LogP contribution is -2.22. The second-order valence-electron chi connectivity index (χ2n) is 7.65. The molecule has 0 saturated carbocycles. The molecule has 0 saturated heterocycles. The van der Waals surface area contributed by atoms with Crippen molar-refractivity contribution < 1.29 is 31.1 Å². The summed E-state index contributed by atoms with van der Waals surface area (Å²) in [6, 6.07) is 6.28. The van der Waals surface area contributed by atoms with Gasteiger partial charge in [0.05, 0.1) is 17.8 Å². The summed E-state index contributed by atoms with van der Waals surface area (Å²) in [6.45, 7) is -0.533. The zero-order chi connectivity index (χ0) is 25.1. The Morgan fingerprint density at radius 3 is 2.43 bits per heavy atom. The molecule has 5 rings (SSSR count). The topological polar surface area (TPSA) is 72.2 Å². The first-order valence-corrected chi connectivity index (χ1v) is 9.99. The van der Waals surface area contributed by atoms with Crippen LogP contribution in [0.15, 0.2) is 59.8 Å². The van der Waals surface area contributed by atoms with Gasteiger partial charge in [0, 0.05) is 41.7 Å². The van der Waals surface area contributed by atoms with Crippen LogP contribution in [-0.2, 0) is 12.7 Å². The number of nitrogens with one attached hydrogen (secondary N) is 1. The Morgan fingerprint density at radius 1 is 1.03 bits per heavy atom. The number of hydrogen-bond acceptors (Lipinski definition) is 3. The number of rotatable bonds is 4. The van der Waals surface area contributed by atoms with Crippen molar-refractivity contribution in [2.24, 2.45) is 0 Å². The highest BCUT2D eigenvalue weighted by atomic mass is 19.4. The van der Waals surface area contributed by atoms with Crippen molar-refractivity contribution >= 4 is 22.3 Å². The summed E-state index contributed by atoms with van der Waals surface area (Å²) in [5, 5.41) is -0.00887. The van der Waals surface area contributed by atoms with Gasteiger partial charge < -0.3 is 9.55 Å². The van der Waals surface area contributed by atoms with Crippen LogP contribution in [0.5, 0.6) is 0 Å². The van der Waals surface area contributed by atoms with Gasteiger partial charge in [-0.25, -0.2) is 18.2 Å². The molecule has 0 radical (unpaired) electrons. The molecule has 0 aliphatic rings. The van der Waals surface area contributed by atoms with Gasteiger partial charge in [0.15, 0.2) is 5.69 Å². The van der Waals surface area contributed by atoms with Crippen molar-refractivity contribution in [2.75, 3.05) is 0 Å². The summed E-state index contributed by atoms with van der Waals surface area (Å²) in [4.78, 5) is 32.2. The smallest absolute Gasteiger partial charge is 0.356 e. The van der Waals surface area contributed by atoms with Crippen molar-refractivity contribution in [1.82, 2.24) is 18.9 Å². The Balaban J connectivity index is 1.58. The predicted octanol–water partition coefficient (Wildman–Crippen LogP) is 4.69. The minimum absolute atomic E-state index is 0.00887. The van der Waals surface area contributed by atoms with E-state index in [9.17, 15) is 35.9 Å². The van der Waals surface area contributed by atoms with Crippen molar-refractivity contribution in [3.05, 3.63) is 105 Å². The normalized spacial score (nSPS) is 12.1. The number of aromatic nitrogens is 4. The van der Waals surface area contributed by atoms with Gasteiger partial charge in [0.25, 0.3) is 5.56 Å². The molecule has 0 bridgehead atoms. The largest absolute Gasteiger partial charge is 0.433 e. The van der Waals surface area contributed by atoms with E-state index in [1.807, 2.05) is 0 Å². The maximum Gasteiger partial charge on any atom is 0.433 e. The molecule has 0 amide bonds. The van der Waals surface area contributed by atoms with Crippen molar-refractivity contribution in [2.45, 2.75) is 12.7 Å². The van der Waals surface area contributed by atoms with Crippen molar-refractivity contribution in [3.63, 3.8) is 0 Å². The molecule has 12 heteroatoms. The Kier molecular flexibility index (Phi) is 5.04. The summed E-state index contributed by atoms with van der Waals surface area (Å²) in [5.74, 6) is -5.17. The molecular formula is C23H12F6N4O2. The van der Waals surface area contributed by atoms with Gasteiger partial charge in [0.1, 0.15) is 28.6 Å². The van der Waals surface area contributed by atoms with Crippen LogP contribution in [0.3, 0.4) is 0 Å². The molecule has 0 spiro atoms. The van der Waals surface area contributed by atoms with Crippen molar-refractivity contribution in [1.29, 1.82) is 0 Å². The van der Waals surface area contributed by atoms with E-state index < -0.39 is 58.5 Å². The first kappa shape index (κ1) is 22.4. The standard InChI is InChI=1S/C23H12F6N4O2/c24-11-7-14(25)18(15(26)8-11)20(34)13-9-30-19-12(13)4-6-32(22(19)35)10-16-21(23(27,28)29)33-5-2-1-3-17(33)31-16/h1-9,30H,10H2. The second kappa shape index (κ2) is 7.86. The van der Waals surface area contributed by atoms with Crippen LogP contribution in [0.4, 0.5) is 26.3 Å². The molecule has 35 heavy (non-hydrogen) atoms. The average Bonchev–Trinajstić information content (AvgIpc) is 3.36. The van der Waals surface area contributed by atoms with Crippen LogP contribution in [-0.4, -0.2) is 24.7 Å². The number of imidazole rings is 1. The third-order valence-electron chi connectivity index (χ3n) is 5.49. The van der Waals surface area contributed by atoms with Gasteiger partial charge >= 0.3 is 6.18 Å². The minimum Gasteiger partial charge on any atom is -0.356 e. The van der Waals surface area contributed by atoms with Gasteiger partial charge in [-0.05, 0) is 18.2 Å².